The van der Waals surface area contributed by atoms with Gasteiger partial charge in [-0.3, -0.25) is 28.2 Å². The molecule has 0 amide bonds. The molecular weight excluding hydrogens is 1330 g/mol. The van der Waals surface area contributed by atoms with Crippen molar-refractivity contribution >= 4 is 126 Å². The summed E-state index contributed by atoms with van der Waals surface area (Å²) in [7, 11) is 0. The van der Waals surface area contributed by atoms with Gasteiger partial charge in [0.25, 0.3) is 21.2 Å². The van der Waals surface area contributed by atoms with Crippen molar-refractivity contribution in [1.29, 1.82) is 0 Å². The summed E-state index contributed by atoms with van der Waals surface area (Å²) in [6, 6.07) is 0. The minimum absolute atomic E-state index is 0. The maximum atomic E-state index is 8.82. The van der Waals surface area contributed by atoms with Crippen LogP contribution in [-0.2, 0) is 18.1 Å². The van der Waals surface area contributed by atoms with Crippen LogP contribution < -0.4 is 21.2 Å². The van der Waals surface area contributed by atoms with Gasteiger partial charge in [-0.15, -0.1) is 0 Å². The van der Waals surface area contributed by atoms with E-state index in [2.05, 4.69) is 13.2 Å². The fourth-order valence-electron chi connectivity index (χ4n) is 0.217. The van der Waals surface area contributed by atoms with Gasteiger partial charge in [-0.1, -0.05) is 13.2 Å². The van der Waals surface area contributed by atoms with Crippen molar-refractivity contribution in [2.24, 2.45) is 0 Å². The molecule has 0 heterocycles. The molecule has 0 saturated heterocycles. The van der Waals surface area contributed by atoms with E-state index < -0.39 is 126 Å². The fourth-order valence-corrected chi connectivity index (χ4v) is 1.46. The molecule has 6 radical (unpaired) electrons. The molecule has 238 valence electrons. The van der Waals surface area contributed by atoms with E-state index in [0.717, 1.165) is 0 Å². The van der Waals surface area contributed by atoms with Crippen LogP contribution in [0.15, 0.2) is 25.3 Å². The van der Waals surface area contributed by atoms with E-state index >= 15 is 0 Å². The number of hydrogen-bond acceptors (Lipinski definition) is 6. The Morgan fingerprint density at radius 1 is 0.405 bits per heavy atom. The molecule has 37 heavy (non-hydrogen) atoms. The van der Waals surface area contributed by atoms with Crippen molar-refractivity contribution in [3.8, 4) is 0 Å². The molecule has 0 bridgehead atoms. The molecule has 0 saturated carbocycles. The minimum atomic E-state index is -3.70. The molecule has 0 fully saturated rings. The average Bonchev–Trinajstić information content (AvgIpc) is 2.44. The van der Waals surface area contributed by atoms with Gasteiger partial charge in [-0.25, -0.2) is 0 Å². The molecule has 0 aromatic heterocycles. The first-order valence-corrected chi connectivity index (χ1v) is 28.7. The Bertz CT molecular complexity index is 412. The zero-order valence-corrected chi connectivity index (χ0v) is 34.8. The normalized spacial score (nSPS) is 5.73. The van der Waals surface area contributed by atoms with Crippen molar-refractivity contribution in [2.75, 3.05) is 8.86 Å². The van der Waals surface area contributed by atoms with E-state index in [1.54, 1.807) is 0 Å². The Morgan fingerprint density at radius 2 is 0.486 bits per heavy atom. The van der Waals surface area contributed by atoms with Crippen LogP contribution in [-0.4, -0.2) is 176 Å². The molecule has 12 N–H and O–H groups in total. The van der Waals surface area contributed by atoms with E-state index in [1.165, 1.54) is 8.86 Å². The molecule has 0 spiro atoms. The van der Waals surface area contributed by atoms with Gasteiger partial charge in [0, 0.05) is 0 Å². The van der Waals surface area contributed by atoms with Crippen molar-refractivity contribution in [1.82, 2.24) is 0 Å². The summed E-state index contributed by atoms with van der Waals surface area (Å²) in [5.41, 5.74) is 0. The van der Waals surface area contributed by atoms with Crippen molar-refractivity contribution in [2.45, 2.75) is 0 Å². The molecule has 0 aliphatic carbocycles. The van der Waals surface area contributed by atoms with E-state index in [1.807, 2.05) is 12.2 Å². The van der Waals surface area contributed by atoms with Gasteiger partial charge in [-0.05, 0) is 12.2 Å². The first-order valence-electron chi connectivity index (χ1n) is 5.66. The van der Waals surface area contributed by atoms with E-state index in [9.17, 15) is 0 Å². The number of allylic oxidation sites excluding steroid dienone is 2. The third-order valence-corrected chi connectivity index (χ3v) is 2.93. The Kier molecular flexibility index (Phi) is 188. The van der Waals surface area contributed by atoms with Crippen LogP contribution in [0.2, 0.25) is 0 Å². The summed E-state index contributed by atoms with van der Waals surface area (Å²) in [4.78, 5) is 0. The quantitative estimate of drug-likeness (QED) is 0.0311. The van der Waals surface area contributed by atoms with Crippen LogP contribution >= 0.6 is 0 Å². The van der Waals surface area contributed by atoms with Crippen molar-refractivity contribution in [3.63, 3.8) is 0 Å². The standard InChI is InChI=1S/C6H10I.6FH.12H2O.6O.6Sb/c1-3-5-7-6-4-2;;;;;;;;;;;;;;;;;;;;;;;;;;;;;;/h3-4H,1-2,5-6H2;6*1H;12*1H2;;;;;;;;;;;;/q+1;;;;;;;;;;;;;;;;;;;;;;;;;6*+2/p-12. The molecule has 0 aromatic rings. The Balaban J connectivity index is -0.0000000163. The van der Waals surface area contributed by atoms with E-state index in [4.69, 9.17) is 58.7 Å². The van der Waals surface area contributed by atoms with Gasteiger partial charge in [0.1, 0.15) is 0 Å². The predicted molar refractivity (Wildman–Crippen MR) is 110 cm³/mol. The second-order valence-electron chi connectivity index (χ2n) is 2.59. The molecule has 0 aromatic carbocycles. The number of alkyl halides is 2. The molecule has 0 atom stereocenters. The first-order chi connectivity index (χ1) is 13.8. The van der Waals surface area contributed by atoms with Gasteiger partial charge < -0.3 is 0 Å². The Morgan fingerprint density at radius 3 is 0.541 bits per heavy atom. The third kappa shape index (κ3) is 1090. The summed E-state index contributed by atoms with van der Waals surface area (Å²) < 4.78 is 142. The monoisotopic (exact) mass is 1350 g/mol. The molecule has 0 aliphatic heterocycles. The SMILES string of the molecule is C=CC[I+]CC=C.F.F.F.F.F.F.[O]=[Sb]([OH])[OH].[O]=[Sb]([OH])[OH].[O]=[Sb]([OH])[OH].[O]=[Sb]([OH])[OH].[O]=[Sb]([OH])[OH].[O]=[Sb]([OH])[OH]. The first kappa shape index (κ1) is 83.5. The van der Waals surface area contributed by atoms with Crippen molar-refractivity contribution in [3.05, 3.63) is 25.3 Å². The van der Waals surface area contributed by atoms with Gasteiger partial charge in [0.15, 0.2) is 8.86 Å². The number of halogens is 7. The maximum absolute atomic E-state index is 8.82. The second kappa shape index (κ2) is 83.3. The summed E-state index contributed by atoms with van der Waals surface area (Å²) in [6.07, 6.45) is 3.97. The average molecular weight is 1360 g/mol. The van der Waals surface area contributed by atoms with Crippen LogP contribution in [0.1, 0.15) is 0 Å². The molecule has 31 heteroatoms. The summed E-state index contributed by atoms with van der Waals surface area (Å²) >= 11 is -21.8. The molecule has 0 aliphatic rings. The van der Waals surface area contributed by atoms with E-state index in [0.29, 0.717) is 21.2 Å². The predicted octanol–water partition coefficient (Wildman–Crippen LogP) is -10.3. The molecule has 18 nitrogen and oxygen atoms in total. The van der Waals surface area contributed by atoms with Crippen LogP contribution in [0.5, 0.6) is 0 Å². The summed E-state index contributed by atoms with van der Waals surface area (Å²) in [5.74, 6) is 0. The molecular formula is C6H28F6IO18Sb6+. The van der Waals surface area contributed by atoms with Crippen LogP contribution in [0, 0.1) is 0 Å². The van der Waals surface area contributed by atoms with Crippen molar-refractivity contribution < 1.29 is 108 Å². The number of hydrogen-bond donors (Lipinski definition) is 12. The molecule has 0 unspecified atom stereocenters. The van der Waals surface area contributed by atoms with Crippen LogP contribution in [0.4, 0.5) is 28.2 Å². The summed E-state index contributed by atoms with van der Waals surface area (Å²) in [6.45, 7) is 7.25. The zero-order chi connectivity index (χ0) is 27.0. The van der Waals surface area contributed by atoms with Gasteiger partial charge in [0.05, 0.1) is 0 Å². The number of rotatable bonds is 4. The van der Waals surface area contributed by atoms with Crippen LogP contribution in [0.3, 0.4) is 0 Å². The van der Waals surface area contributed by atoms with Gasteiger partial charge >= 0.3 is 185 Å². The second-order valence-corrected chi connectivity index (χ2v) is 14.1. The topological polar surface area (TPSA) is 345 Å². The van der Waals surface area contributed by atoms with Crippen LogP contribution in [0.25, 0.3) is 0 Å². The Labute approximate surface area is 264 Å². The van der Waals surface area contributed by atoms with Gasteiger partial charge in [-0.2, -0.15) is 0 Å². The summed E-state index contributed by atoms with van der Waals surface area (Å²) in [5, 5.41) is 0. The van der Waals surface area contributed by atoms with Gasteiger partial charge in [0.2, 0.25) is 0 Å². The third-order valence-electron chi connectivity index (χ3n) is 0.436. The molecule has 0 rings (SSSR count). The Hall–Kier alpha value is 3.02. The van der Waals surface area contributed by atoms with E-state index in [-0.39, 0.29) is 28.2 Å². The fraction of sp³-hybridized carbons (Fsp3) is 0.333. The zero-order valence-electron chi connectivity index (χ0n) is 17.3.